The van der Waals surface area contributed by atoms with Crippen LogP contribution in [0.4, 0.5) is 0 Å². The van der Waals surface area contributed by atoms with Gasteiger partial charge in [0.2, 0.25) is 11.2 Å². The summed E-state index contributed by atoms with van der Waals surface area (Å²) in [5.74, 6) is 0. The van der Waals surface area contributed by atoms with Gasteiger partial charge in [0.25, 0.3) is 0 Å². The fraction of sp³-hybridized carbons (Fsp3) is 0.391. The molecule has 0 bridgehead atoms. The first-order valence-corrected chi connectivity index (χ1v) is 9.42. The van der Waals surface area contributed by atoms with Gasteiger partial charge >= 0.3 is 0 Å². The van der Waals surface area contributed by atoms with Crippen molar-refractivity contribution < 1.29 is 4.57 Å². The molecule has 0 unspecified atom stereocenters. The summed E-state index contributed by atoms with van der Waals surface area (Å²) in [6, 6.07) is 13.3. The third-order valence-corrected chi connectivity index (χ3v) is 6.15. The van der Waals surface area contributed by atoms with Gasteiger partial charge in [0.05, 0.1) is 11.0 Å². The Labute approximate surface area is 150 Å². The van der Waals surface area contributed by atoms with Gasteiger partial charge in [-0.1, -0.05) is 37.6 Å². The van der Waals surface area contributed by atoms with Gasteiger partial charge in [-0.05, 0) is 56.9 Å². The third kappa shape index (κ3) is 2.23. The van der Waals surface area contributed by atoms with Gasteiger partial charge in [0.1, 0.15) is 11.2 Å². The molecule has 0 saturated carbocycles. The number of hydrogen-bond donors (Lipinski definition) is 0. The van der Waals surface area contributed by atoms with Crippen LogP contribution >= 0.6 is 0 Å². The summed E-state index contributed by atoms with van der Waals surface area (Å²) in [4.78, 5) is 4.93. The van der Waals surface area contributed by atoms with Crippen LogP contribution in [0.1, 0.15) is 49.1 Å². The van der Waals surface area contributed by atoms with E-state index in [1.165, 1.54) is 27.9 Å². The number of fused-ring (bicyclic) bond motifs is 5. The molecule has 2 aromatic carbocycles. The maximum absolute atomic E-state index is 4.93. The number of aryl methyl sites for hydroxylation is 3. The average molecular weight is 331 g/mol. The van der Waals surface area contributed by atoms with E-state index in [0.717, 1.165) is 30.6 Å². The SMILES string of the molecule is CCC1(CC)C[n+]2c(c(C)nc3ccccc32)-c2cc(C)cc(C)c21. The van der Waals surface area contributed by atoms with E-state index in [0.29, 0.717) is 0 Å². The molecule has 0 radical (unpaired) electrons. The summed E-state index contributed by atoms with van der Waals surface area (Å²) in [6.45, 7) is 12.4. The molecule has 2 nitrogen and oxygen atoms in total. The van der Waals surface area contributed by atoms with Crippen LogP contribution in [-0.2, 0) is 12.0 Å². The summed E-state index contributed by atoms with van der Waals surface area (Å²) < 4.78 is 2.53. The van der Waals surface area contributed by atoms with Crippen LogP contribution in [0.2, 0.25) is 0 Å². The van der Waals surface area contributed by atoms with E-state index in [2.05, 4.69) is 75.6 Å². The molecule has 0 spiro atoms. The lowest BCUT2D eigenvalue weighted by atomic mass is 9.69. The lowest BCUT2D eigenvalue weighted by molar-refractivity contribution is -0.672. The van der Waals surface area contributed by atoms with E-state index in [1.807, 2.05) is 0 Å². The normalized spacial score (nSPS) is 15.1. The smallest absolute Gasteiger partial charge is 0.234 e. The highest BCUT2D eigenvalue weighted by atomic mass is 15.0. The molecular formula is C23H27N2+. The first-order chi connectivity index (χ1) is 12.0. The predicted octanol–water partition coefficient (Wildman–Crippen LogP) is 5.19. The highest BCUT2D eigenvalue weighted by molar-refractivity contribution is 5.76. The van der Waals surface area contributed by atoms with Crippen LogP contribution in [0.15, 0.2) is 36.4 Å². The molecule has 2 heterocycles. The average Bonchev–Trinajstić information content (AvgIpc) is 2.60. The van der Waals surface area contributed by atoms with Gasteiger partial charge in [-0.3, -0.25) is 0 Å². The monoisotopic (exact) mass is 331 g/mol. The Kier molecular flexibility index (Phi) is 3.68. The van der Waals surface area contributed by atoms with E-state index in [9.17, 15) is 0 Å². The summed E-state index contributed by atoms with van der Waals surface area (Å²) in [5.41, 5.74) is 10.7. The maximum atomic E-state index is 4.93. The molecule has 0 fully saturated rings. The van der Waals surface area contributed by atoms with Crippen LogP contribution in [-0.4, -0.2) is 4.98 Å². The minimum absolute atomic E-state index is 0.196. The molecule has 128 valence electrons. The second-order valence-corrected chi connectivity index (χ2v) is 7.61. The van der Waals surface area contributed by atoms with E-state index in [1.54, 1.807) is 5.56 Å². The van der Waals surface area contributed by atoms with Crippen molar-refractivity contribution in [3.05, 3.63) is 58.8 Å². The van der Waals surface area contributed by atoms with E-state index >= 15 is 0 Å². The highest BCUT2D eigenvalue weighted by Crippen LogP contribution is 2.44. The molecule has 25 heavy (non-hydrogen) atoms. The second-order valence-electron chi connectivity index (χ2n) is 7.61. The van der Waals surface area contributed by atoms with Gasteiger partial charge in [-0.2, -0.15) is 4.57 Å². The predicted molar refractivity (Wildman–Crippen MR) is 104 cm³/mol. The Balaban J connectivity index is 2.18. The van der Waals surface area contributed by atoms with Crippen molar-refractivity contribution in [2.24, 2.45) is 0 Å². The standard InChI is InChI=1S/C23H27N2/c1-6-23(7-2)14-25-20-11-9-8-10-19(20)24-17(5)22(25)18-13-15(3)12-16(4)21(18)23/h8-13H,6-7,14H2,1-5H3/q+1. The molecule has 3 aromatic rings. The molecule has 1 aliphatic heterocycles. The van der Waals surface area contributed by atoms with Gasteiger partial charge < -0.3 is 0 Å². The molecule has 4 rings (SSSR count). The molecule has 1 aromatic heterocycles. The van der Waals surface area contributed by atoms with Crippen molar-refractivity contribution in [1.29, 1.82) is 0 Å². The minimum Gasteiger partial charge on any atom is -0.240 e. The highest BCUT2D eigenvalue weighted by Gasteiger charge is 2.44. The summed E-state index contributed by atoms with van der Waals surface area (Å²) in [6.07, 6.45) is 2.31. The van der Waals surface area contributed by atoms with Crippen molar-refractivity contribution in [2.75, 3.05) is 0 Å². The van der Waals surface area contributed by atoms with Gasteiger partial charge in [-0.15, -0.1) is 0 Å². The Bertz CT molecular complexity index is 981. The molecule has 0 amide bonds. The summed E-state index contributed by atoms with van der Waals surface area (Å²) in [7, 11) is 0. The van der Waals surface area contributed by atoms with Crippen LogP contribution < -0.4 is 4.57 Å². The number of benzene rings is 2. The fourth-order valence-electron chi connectivity index (χ4n) is 4.91. The summed E-state index contributed by atoms with van der Waals surface area (Å²) >= 11 is 0. The lowest BCUT2D eigenvalue weighted by Crippen LogP contribution is -2.52. The van der Waals surface area contributed by atoms with Crippen molar-refractivity contribution in [3.8, 4) is 11.3 Å². The second kappa shape index (κ2) is 5.66. The minimum atomic E-state index is 0.196. The topological polar surface area (TPSA) is 16.8 Å². The Morgan fingerprint density at radius 3 is 2.48 bits per heavy atom. The zero-order valence-corrected chi connectivity index (χ0v) is 16.0. The van der Waals surface area contributed by atoms with Crippen molar-refractivity contribution in [1.82, 2.24) is 4.98 Å². The van der Waals surface area contributed by atoms with Crippen molar-refractivity contribution in [2.45, 2.75) is 59.4 Å². The van der Waals surface area contributed by atoms with Crippen LogP contribution in [0, 0.1) is 20.8 Å². The van der Waals surface area contributed by atoms with Crippen molar-refractivity contribution >= 4 is 11.0 Å². The number of aromatic nitrogens is 2. The Morgan fingerprint density at radius 1 is 1.04 bits per heavy atom. The molecule has 0 saturated heterocycles. The lowest BCUT2D eigenvalue weighted by Gasteiger charge is -2.37. The summed E-state index contributed by atoms with van der Waals surface area (Å²) in [5, 5.41) is 0. The molecular weight excluding hydrogens is 304 g/mol. The number of rotatable bonds is 2. The molecule has 2 heteroatoms. The van der Waals surface area contributed by atoms with Gasteiger partial charge in [-0.25, -0.2) is 4.98 Å². The Hall–Kier alpha value is -2.22. The molecule has 0 aliphatic carbocycles. The number of hydrogen-bond acceptors (Lipinski definition) is 1. The van der Waals surface area contributed by atoms with Crippen LogP contribution in [0.25, 0.3) is 22.3 Å². The number of nitrogens with zero attached hydrogens (tertiary/aromatic N) is 2. The quantitative estimate of drug-likeness (QED) is 0.591. The fourth-order valence-corrected chi connectivity index (χ4v) is 4.91. The zero-order valence-electron chi connectivity index (χ0n) is 16.0. The van der Waals surface area contributed by atoms with E-state index < -0.39 is 0 Å². The number of para-hydroxylation sites is 2. The van der Waals surface area contributed by atoms with Crippen LogP contribution in [0.3, 0.4) is 0 Å². The molecule has 1 aliphatic rings. The third-order valence-electron chi connectivity index (χ3n) is 6.15. The molecule has 0 N–H and O–H groups in total. The first-order valence-electron chi connectivity index (χ1n) is 9.42. The Morgan fingerprint density at radius 2 is 1.76 bits per heavy atom. The zero-order chi connectivity index (χ0) is 17.8. The van der Waals surface area contributed by atoms with E-state index in [-0.39, 0.29) is 5.41 Å². The van der Waals surface area contributed by atoms with Crippen LogP contribution in [0.5, 0.6) is 0 Å². The first kappa shape index (κ1) is 16.3. The van der Waals surface area contributed by atoms with Gasteiger partial charge in [0.15, 0.2) is 6.54 Å². The largest absolute Gasteiger partial charge is 0.240 e. The van der Waals surface area contributed by atoms with Gasteiger partial charge in [0, 0.05) is 6.07 Å². The van der Waals surface area contributed by atoms with E-state index in [4.69, 9.17) is 4.98 Å². The molecule has 0 atom stereocenters. The maximum Gasteiger partial charge on any atom is 0.234 e. The van der Waals surface area contributed by atoms with Crippen molar-refractivity contribution in [3.63, 3.8) is 0 Å².